The van der Waals surface area contributed by atoms with Gasteiger partial charge in [0.2, 0.25) is 0 Å². The summed E-state index contributed by atoms with van der Waals surface area (Å²) < 4.78 is 12.8. The van der Waals surface area contributed by atoms with Gasteiger partial charge in [-0.05, 0) is 67.8 Å². The van der Waals surface area contributed by atoms with Crippen molar-refractivity contribution in [1.82, 2.24) is 0 Å². The number of aryl methyl sites for hydroxylation is 2. The van der Waals surface area contributed by atoms with Crippen LogP contribution < -0.4 is 14.8 Å². The first-order valence-electron chi connectivity index (χ1n) is 9.60. The molecule has 0 saturated heterocycles. The molecule has 0 aliphatic rings. The topological polar surface area (TPSA) is 30.5 Å². The average Bonchev–Trinajstić information content (AvgIpc) is 2.70. The van der Waals surface area contributed by atoms with Gasteiger partial charge in [-0.2, -0.15) is 0 Å². The maximum Gasteiger partial charge on any atom is 0.162 e. The number of benzene rings is 3. The fraction of sp³-hybridized carbons (Fsp3) is 0.250. The summed E-state index contributed by atoms with van der Waals surface area (Å²) in [4.78, 5) is 0. The molecule has 29 heavy (non-hydrogen) atoms. The van der Waals surface area contributed by atoms with Gasteiger partial charge in [0.1, 0.15) is 6.61 Å². The zero-order chi connectivity index (χ0) is 20.8. The Morgan fingerprint density at radius 2 is 1.66 bits per heavy atom. The van der Waals surface area contributed by atoms with Crippen molar-refractivity contribution in [3.05, 3.63) is 86.3 Å². The van der Waals surface area contributed by atoms with Gasteiger partial charge in [0.25, 0.3) is 0 Å². The lowest BCUT2D eigenvalue weighted by Gasteiger charge is -2.16. The van der Waals surface area contributed by atoms with Crippen molar-refractivity contribution in [1.29, 1.82) is 0 Å². The lowest BCUT2D eigenvalue weighted by Crippen LogP contribution is -2.04. The van der Waals surface area contributed by atoms with Gasteiger partial charge in [-0.15, -0.1) is 0 Å². The van der Waals surface area contributed by atoms with E-state index in [1.165, 1.54) is 11.1 Å². The minimum Gasteiger partial charge on any atom is -0.490 e. The van der Waals surface area contributed by atoms with E-state index < -0.39 is 0 Å². The van der Waals surface area contributed by atoms with Crippen LogP contribution in [-0.4, -0.2) is 6.61 Å². The molecule has 0 spiro atoms. The van der Waals surface area contributed by atoms with E-state index in [2.05, 4.69) is 53.3 Å². The molecule has 0 bridgehead atoms. The van der Waals surface area contributed by atoms with E-state index in [9.17, 15) is 0 Å². The van der Waals surface area contributed by atoms with Gasteiger partial charge in [0.05, 0.1) is 6.61 Å². The zero-order valence-corrected chi connectivity index (χ0v) is 19.2. The standard InChI is InChI=1S/C24H25BrClNO2/c1-4-28-23-12-19(14-27-20-10-9-16(2)17(3)11-20)21(25)13-24(23)29-15-18-7-5-6-8-22(18)26/h5-13,27H,4,14-15H2,1-3H3. The van der Waals surface area contributed by atoms with Gasteiger partial charge in [0.15, 0.2) is 11.5 Å². The van der Waals surface area contributed by atoms with Crippen LogP contribution in [0.1, 0.15) is 29.2 Å². The van der Waals surface area contributed by atoms with Crippen LogP contribution in [0.3, 0.4) is 0 Å². The van der Waals surface area contributed by atoms with E-state index >= 15 is 0 Å². The van der Waals surface area contributed by atoms with Gasteiger partial charge in [-0.1, -0.05) is 51.8 Å². The van der Waals surface area contributed by atoms with Crippen molar-refractivity contribution >= 4 is 33.2 Å². The van der Waals surface area contributed by atoms with Crippen molar-refractivity contribution < 1.29 is 9.47 Å². The number of halogens is 2. The highest BCUT2D eigenvalue weighted by molar-refractivity contribution is 9.10. The first-order chi connectivity index (χ1) is 14.0. The summed E-state index contributed by atoms with van der Waals surface area (Å²) in [5, 5.41) is 4.17. The maximum atomic E-state index is 6.24. The summed E-state index contributed by atoms with van der Waals surface area (Å²) in [5.74, 6) is 1.41. The monoisotopic (exact) mass is 473 g/mol. The first-order valence-corrected chi connectivity index (χ1v) is 10.8. The second-order valence-electron chi connectivity index (χ2n) is 6.86. The van der Waals surface area contributed by atoms with Crippen LogP contribution in [0, 0.1) is 13.8 Å². The highest BCUT2D eigenvalue weighted by Crippen LogP contribution is 2.35. The van der Waals surface area contributed by atoms with Crippen molar-refractivity contribution in [2.24, 2.45) is 0 Å². The van der Waals surface area contributed by atoms with E-state index in [0.29, 0.717) is 30.5 Å². The minimum absolute atomic E-state index is 0.381. The number of nitrogens with one attached hydrogen (secondary N) is 1. The highest BCUT2D eigenvalue weighted by atomic mass is 79.9. The molecule has 0 amide bonds. The average molecular weight is 475 g/mol. The largest absolute Gasteiger partial charge is 0.490 e. The molecule has 0 aliphatic heterocycles. The molecule has 0 unspecified atom stereocenters. The molecule has 0 aliphatic carbocycles. The summed E-state index contributed by atoms with van der Waals surface area (Å²) in [5.41, 5.74) is 5.68. The van der Waals surface area contributed by atoms with Gasteiger partial charge < -0.3 is 14.8 Å². The predicted octanol–water partition coefficient (Wildman–Crippen LogP) is 7.31. The van der Waals surface area contributed by atoms with Crippen LogP contribution in [0.5, 0.6) is 11.5 Å². The van der Waals surface area contributed by atoms with Gasteiger partial charge in [-0.3, -0.25) is 0 Å². The predicted molar refractivity (Wildman–Crippen MR) is 124 cm³/mol. The van der Waals surface area contributed by atoms with Crippen LogP contribution in [0.15, 0.2) is 59.1 Å². The molecule has 3 aromatic carbocycles. The Balaban J connectivity index is 1.76. The van der Waals surface area contributed by atoms with Crippen molar-refractivity contribution in [2.75, 3.05) is 11.9 Å². The van der Waals surface area contributed by atoms with Crippen molar-refractivity contribution in [3.63, 3.8) is 0 Å². The van der Waals surface area contributed by atoms with E-state index in [1.807, 2.05) is 43.3 Å². The molecule has 152 valence electrons. The molecule has 0 aromatic heterocycles. The van der Waals surface area contributed by atoms with E-state index in [-0.39, 0.29) is 0 Å². The lowest BCUT2D eigenvalue weighted by atomic mass is 10.1. The summed E-state index contributed by atoms with van der Waals surface area (Å²) in [7, 11) is 0. The summed E-state index contributed by atoms with van der Waals surface area (Å²) >= 11 is 9.91. The quantitative estimate of drug-likeness (QED) is 0.371. The fourth-order valence-electron chi connectivity index (χ4n) is 2.91. The van der Waals surface area contributed by atoms with Crippen molar-refractivity contribution in [3.8, 4) is 11.5 Å². The Morgan fingerprint density at radius 1 is 0.897 bits per heavy atom. The number of anilines is 1. The van der Waals surface area contributed by atoms with E-state index in [4.69, 9.17) is 21.1 Å². The van der Waals surface area contributed by atoms with Crippen LogP contribution in [0.25, 0.3) is 0 Å². The molecule has 0 atom stereocenters. The summed E-state index contributed by atoms with van der Waals surface area (Å²) in [6, 6.07) is 18.0. The Hall–Kier alpha value is -2.17. The highest BCUT2D eigenvalue weighted by Gasteiger charge is 2.12. The van der Waals surface area contributed by atoms with E-state index in [1.54, 1.807) is 0 Å². The molecular weight excluding hydrogens is 450 g/mol. The second-order valence-corrected chi connectivity index (χ2v) is 8.12. The first kappa shape index (κ1) is 21.5. The smallest absolute Gasteiger partial charge is 0.162 e. The molecule has 3 aromatic rings. The van der Waals surface area contributed by atoms with Crippen LogP contribution >= 0.6 is 27.5 Å². The molecule has 3 rings (SSSR count). The van der Waals surface area contributed by atoms with Gasteiger partial charge >= 0.3 is 0 Å². The normalized spacial score (nSPS) is 10.7. The van der Waals surface area contributed by atoms with Crippen LogP contribution in [0.2, 0.25) is 5.02 Å². The summed E-state index contributed by atoms with van der Waals surface area (Å²) in [6.45, 7) is 7.82. The third-order valence-electron chi connectivity index (χ3n) is 4.74. The fourth-order valence-corrected chi connectivity index (χ4v) is 3.57. The maximum absolute atomic E-state index is 6.24. The Labute approximate surface area is 186 Å². The SMILES string of the molecule is CCOc1cc(CNc2ccc(C)c(C)c2)c(Br)cc1OCc1ccccc1Cl. The lowest BCUT2D eigenvalue weighted by molar-refractivity contribution is 0.269. The minimum atomic E-state index is 0.381. The Bertz CT molecular complexity index is 991. The van der Waals surface area contributed by atoms with Crippen LogP contribution in [0.4, 0.5) is 5.69 Å². The molecule has 1 N–H and O–H groups in total. The van der Waals surface area contributed by atoms with Crippen LogP contribution in [-0.2, 0) is 13.2 Å². The number of hydrogen-bond donors (Lipinski definition) is 1. The number of hydrogen-bond acceptors (Lipinski definition) is 3. The third-order valence-corrected chi connectivity index (χ3v) is 5.85. The molecule has 5 heteroatoms. The Morgan fingerprint density at radius 3 is 2.38 bits per heavy atom. The summed E-state index contributed by atoms with van der Waals surface area (Å²) in [6.07, 6.45) is 0. The molecule has 3 nitrogen and oxygen atoms in total. The zero-order valence-electron chi connectivity index (χ0n) is 16.9. The second kappa shape index (κ2) is 10.0. The molecule has 0 radical (unpaired) electrons. The molecule has 0 fully saturated rings. The molecular formula is C24H25BrClNO2. The van der Waals surface area contributed by atoms with E-state index in [0.717, 1.165) is 27.0 Å². The Kier molecular flexibility index (Phi) is 7.45. The van der Waals surface area contributed by atoms with Gasteiger partial charge in [-0.25, -0.2) is 0 Å². The molecule has 0 heterocycles. The number of rotatable bonds is 8. The number of ether oxygens (including phenoxy) is 2. The van der Waals surface area contributed by atoms with Crippen molar-refractivity contribution in [2.45, 2.75) is 33.9 Å². The van der Waals surface area contributed by atoms with Gasteiger partial charge in [0, 0.05) is 27.3 Å². The third kappa shape index (κ3) is 5.68. The molecule has 0 saturated carbocycles.